The average molecular weight is 237 g/mol. The number of likely N-dealkylation sites (tertiary alicyclic amines) is 1. The summed E-state index contributed by atoms with van der Waals surface area (Å²) >= 11 is 0. The molecule has 0 aromatic carbocycles. The van der Waals surface area contributed by atoms with Gasteiger partial charge in [-0.15, -0.1) is 0 Å². The smallest absolute Gasteiger partial charge is 0.326 e. The Labute approximate surface area is 98.8 Å². The van der Waals surface area contributed by atoms with Crippen LogP contribution in [-0.2, 0) is 14.4 Å². The highest BCUT2D eigenvalue weighted by atomic mass is 16.4. The molecule has 2 saturated carbocycles. The standard InChI is InChI=1S/C12H15NO4/c1-5(12(16)17)13-10(14)8-6-2-3-7(4-6)9(8)11(13)15/h5-9H,2-4H2,1H3,(H,16,17)/t5-,6-,7-,8-,9+/m1/s1. The fourth-order valence-electron chi connectivity index (χ4n) is 3.92. The molecular weight excluding hydrogens is 222 g/mol. The van der Waals surface area contributed by atoms with Crippen molar-refractivity contribution in [2.24, 2.45) is 23.7 Å². The monoisotopic (exact) mass is 237 g/mol. The van der Waals surface area contributed by atoms with Gasteiger partial charge in [-0.3, -0.25) is 14.5 Å². The summed E-state index contributed by atoms with van der Waals surface area (Å²) in [7, 11) is 0. The molecule has 5 atom stereocenters. The second-order valence-corrected chi connectivity index (χ2v) is 5.45. The van der Waals surface area contributed by atoms with Gasteiger partial charge in [0.2, 0.25) is 11.8 Å². The molecule has 3 fully saturated rings. The van der Waals surface area contributed by atoms with Crippen LogP contribution >= 0.6 is 0 Å². The quantitative estimate of drug-likeness (QED) is 0.709. The lowest BCUT2D eigenvalue weighted by Gasteiger charge is -2.20. The molecule has 1 heterocycles. The number of carbonyl (C=O) groups is 3. The van der Waals surface area contributed by atoms with Crippen LogP contribution in [0.2, 0.25) is 0 Å². The van der Waals surface area contributed by atoms with Gasteiger partial charge >= 0.3 is 5.97 Å². The lowest BCUT2D eigenvalue weighted by Crippen LogP contribution is -2.44. The van der Waals surface area contributed by atoms with Crippen molar-refractivity contribution in [1.82, 2.24) is 4.90 Å². The van der Waals surface area contributed by atoms with Crippen molar-refractivity contribution >= 4 is 17.8 Å². The first-order valence-electron chi connectivity index (χ1n) is 6.12. The summed E-state index contributed by atoms with van der Waals surface area (Å²) in [5.74, 6) is -1.42. The molecule has 0 aromatic heterocycles. The second-order valence-electron chi connectivity index (χ2n) is 5.45. The van der Waals surface area contributed by atoms with Crippen LogP contribution in [0.1, 0.15) is 26.2 Å². The second kappa shape index (κ2) is 3.31. The lowest BCUT2D eigenvalue weighted by molar-refractivity contribution is -0.154. The highest BCUT2D eigenvalue weighted by Crippen LogP contribution is 2.56. The van der Waals surface area contributed by atoms with E-state index in [0.29, 0.717) is 11.8 Å². The largest absolute Gasteiger partial charge is 0.480 e. The summed E-state index contributed by atoms with van der Waals surface area (Å²) < 4.78 is 0. The lowest BCUT2D eigenvalue weighted by atomic mass is 9.81. The van der Waals surface area contributed by atoms with E-state index in [0.717, 1.165) is 24.2 Å². The van der Waals surface area contributed by atoms with Gasteiger partial charge in [-0.1, -0.05) is 0 Å². The number of hydrogen-bond acceptors (Lipinski definition) is 3. The van der Waals surface area contributed by atoms with Crippen molar-refractivity contribution in [2.75, 3.05) is 0 Å². The molecule has 2 amide bonds. The summed E-state index contributed by atoms with van der Waals surface area (Å²) in [6, 6.07) is -1.03. The van der Waals surface area contributed by atoms with Gasteiger partial charge < -0.3 is 5.11 Å². The summed E-state index contributed by atoms with van der Waals surface area (Å²) in [4.78, 5) is 36.3. The molecule has 1 aliphatic heterocycles. The van der Waals surface area contributed by atoms with Crippen molar-refractivity contribution in [2.45, 2.75) is 32.2 Å². The zero-order valence-corrected chi connectivity index (χ0v) is 9.63. The predicted molar refractivity (Wildman–Crippen MR) is 56.8 cm³/mol. The summed E-state index contributed by atoms with van der Waals surface area (Å²) in [5.41, 5.74) is 0. The summed E-state index contributed by atoms with van der Waals surface area (Å²) in [5, 5.41) is 8.94. The number of nitrogens with zero attached hydrogens (tertiary/aromatic N) is 1. The number of fused-ring (bicyclic) bond motifs is 5. The molecule has 0 unspecified atom stereocenters. The summed E-state index contributed by atoms with van der Waals surface area (Å²) in [6.07, 6.45) is 3.00. The van der Waals surface area contributed by atoms with Crippen LogP contribution in [0.3, 0.4) is 0 Å². The third-order valence-electron chi connectivity index (χ3n) is 4.71. The van der Waals surface area contributed by atoms with Crippen molar-refractivity contribution in [3.63, 3.8) is 0 Å². The minimum atomic E-state index is -1.11. The molecule has 0 radical (unpaired) electrons. The molecule has 2 bridgehead atoms. The number of amides is 2. The Hall–Kier alpha value is -1.39. The minimum Gasteiger partial charge on any atom is -0.480 e. The van der Waals surface area contributed by atoms with Gasteiger partial charge in [0, 0.05) is 0 Å². The third-order valence-corrected chi connectivity index (χ3v) is 4.71. The van der Waals surface area contributed by atoms with Crippen LogP contribution in [0.4, 0.5) is 0 Å². The molecule has 1 N–H and O–H groups in total. The molecular formula is C12H15NO4. The number of carbonyl (C=O) groups excluding carboxylic acids is 2. The van der Waals surface area contributed by atoms with E-state index in [9.17, 15) is 14.4 Å². The maximum Gasteiger partial charge on any atom is 0.326 e. The van der Waals surface area contributed by atoms with E-state index in [-0.39, 0.29) is 23.7 Å². The van der Waals surface area contributed by atoms with E-state index < -0.39 is 12.0 Å². The Morgan fingerprint density at radius 3 is 2.12 bits per heavy atom. The first kappa shape index (κ1) is 10.7. The Bertz CT molecular complexity index is 391. The molecule has 92 valence electrons. The van der Waals surface area contributed by atoms with Crippen LogP contribution in [0.15, 0.2) is 0 Å². The maximum atomic E-state index is 12.2. The number of rotatable bonds is 2. The van der Waals surface area contributed by atoms with Gasteiger partial charge in [-0.25, -0.2) is 4.79 Å². The Morgan fingerprint density at radius 2 is 1.71 bits per heavy atom. The molecule has 5 heteroatoms. The van der Waals surface area contributed by atoms with Gasteiger partial charge in [-0.2, -0.15) is 0 Å². The van der Waals surface area contributed by atoms with E-state index in [4.69, 9.17) is 5.11 Å². The minimum absolute atomic E-state index is 0.219. The number of imide groups is 1. The van der Waals surface area contributed by atoms with E-state index in [2.05, 4.69) is 0 Å². The molecule has 3 aliphatic rings. The van der Waals surface area contributed by atoms with Gasteiger partial charge in [0.15, 0.2) is 0 Å². The zero-order valence-electron chi connectivity index (χ0n) is 9.63. The molecule has 0 spiro atoms. The van der Waals surface area contributed by atoms with Gasteiger partial charge in [0.25, 0.3) is 0 Å². The molecule has 17 heavy (non-hydrogen) atoms. The highest BCUT2D eigenvalue weighted by molar-refractivity contribution is 6.08. The van der Waals surface area contributed by atoms with Crippen molar-refractivity contribution in [3.8, 4) is 0 Å². The Kier molecular flexibility index (Phi) is 2.09. The maximum absolute atomic E-state index is 12.2. The molecule has 3 rings (SSSR count). The van der Waals surface area contributed by atoms with Crippen molar-refractivity contribution in [1.29, 1.82) is 0 Å². The molecule has 1 saturated heterocycles. The SMILES string of the molecule is C[C@H](C(=O)O)N1C(=O)[C@@H]2[C@@H]3CC[C@H](C3)[C@@H]2C1=O. The van der Waals surface area contributed by atoms with Crippen LogP contribution in [0.25, 0.3) is 0 Å². The highest BCUT2D eigenvalue weighted by Gasteiger charge is 2.62. The third kappa shape index (κ3) is 1.22. The zero-order chi connectivity index (χ0) is 12.3. The first-order valence-corrected chi connectivity index (χ1v) is 6.12. The molecule has 5 nitrogen and oxygen atoms in total. The number of carboxylic acid groups (broad SMARTS) is 1. The number of carboxylic acids is 1. The average Bonchev–Trinajstić information content (AvgIpc) is 2.92. The van der Waals surface area contributed by atoms with Crippen molar-refractivity contribution < 1.29 is 19.5 Å². The Morgan fingerprint density at radius 1 is 1.24 bits per heavy atom. The molecule has 2 aliphatic carbocycles. The number of aliphatic carboxylic acids is 1. The Balaban J connectivity index is 1.93. The van der Waals surface area contributed by atoms with Crippen LogP contribution in [-0.4, -0.2) is 33.8 Å². The fourth-order valence-corrected chi connectivity index (χ4v) is 3.92. The molecule has 0 aromatic rings. The fraction of sp³-hybridized carbons (Fsp3) is 0.750. The van der Waals surface area contributed by atoms with Crippen LogP contribution in [0.5, 0.6) is 0 Å². The van der Waals surface area contributed by atoms with E-state index >= 15 is 0 Å². The van der Waals surface area contributed by atoms with Crippen LogP contribution in [0, 0.1) is 23.7 Å². The predicted octanol–water partition coefficient (Wildman–Crippen LogP) is 0.491. The van der Waals surface area contributed by atoms with Gasteiger partial charge in [-0.05, 0) is 38.0 Å². The van der Waals surface area contributed by atoms with E-state index in [1.165, 1.54) is 6.92 Å². The first-order chi connectivity index (χ1) is 8.02. The van der Waals surface area contributed by atoms with Gasteiger partial charge in [0.1, 0.15) is 6.04 Å². The topological polar surface area (TPSA) is 74.7 Å². The number of hydrogen-bond donors (Lipinski definition) is 1. The van der Waals surface area contributed by atoms with Crippen molar-refractivity contribution in [3.05, 3.63) is 0 Å². The van der Waals surface area contributed by atoms with Gasteiger partial charge in [0.05, 0.1) is 11.8 Å². The van der Waals surface area contributed by atoms with E-state index in [1.54, 1.807) is 0 Å². The van der Waals surface area contributed by atoms with E-state index in [1.807, 2.05) is 0 Å². The van der Waals surface area contributed by atoms with Crippen LogP contribution < -0.4 is 0 Å². The normalized spacial score (nSPS) is 40.9. The summed E-state index contributed by atoms with van der Waals surface area (Å²) in [6.45, 7) is 1.40.